The molecule has 4 heteroatoms. The van der Waals surface area contributed by atoms with Crippen LogP contribution in [0.4, 0.5) is 5.69 Å². The van der Waals surface area contributed by atoms with Crippen LogP contribution in [0.15, 0.2) is 24.3 Å². The van der Waals surface area contributed by atoms with Crippen molar-refractivity contribution in [2.75, 3.05) is 11.9 Å². The second-order valence-corrected chi connectivity index (χ2v) is 4.75. The standard InChI is InChI=1S/C14H20N2O2/c1-10(2)8-12-4-6-13(7-5-12)16-14(18)9-15-11(3)17/h4-7,10H,8-9H2,1-3H3,(H,15,17)(H,16,18). The van der Waals surface area contributed by atoms with Crippen molar-refractivity contribution in [3.63, 3.8) is 0 Å². The fraction of sp³-hybridized carbons (Fsp3) is 0.429. The number of carbonyl (C=O) groups excluding carboxylic acids is 2. The number of anilines is 1. The van der Waals surface area contributed by atoms with Gasteiger partial charge in [0.05, 0.1) is 6.54 Å². The van der Waals surface area contributed by atoms with Gasteiger partial charge in [0.2, 0.25) is 11.8 Å². The van der Waals surface area contributed by atoms with E-state index in [0.717, 1.165) is 12.1 Å². The van der Waals surface area contributed by atoms with E-state index in [1.807, 2.05) is 24.3 Å². The Balaban J connectivity index is 2.48. The van der Waals surface area contributed by atoms with Gasteiger partial charge in [-0.25, -0.2) is 0 Å². The second-order valence-electron chi connectivity index (χ2n) is 4.75. The summed E-state index contributed by atoms with van der Waals surface area (Å²) in [5.41, 5.74) is 2.00. The van der Waals surface area contributed by atoms with E-state index < -0.39 is 0 Å². The number of amides is 2. The molecule has 0 saturated carbocycles. The van der Waals surface area contributed by atoms with Crippen LogP contribution >= 0.6 is 0 Å². The summed E-state index contributed by atoms with van der Waals surface area (Å²) in [7, 11) is 0. The van der Waals surface area contributed by atoms with Gasteiger partial charge in [-0.05, 0) is 30.0 Å². The zero-order valence-corrected chi connectivity index (χ0v) is 11.1. The molecule has 2 N–H and O–H groups in total. The molecule has 1 rings (SSSR count). The van der Waals surface area contributed by atoms with Crippen molar-refractivity contribution in [2.45, 2.75) is 27.2 Å². The van der Waals surface area contributed by atoms with Crippen molar-refractivity contribution in [3.8, 4) is 0 Å². The van der Waals surface area contributed by atoms with Crippen molar-refractivity contribution in [3.05, 3.63) is 29.8 Å². The maximum Gasteiger partial charge on any atom is 0.243 e. The van der Waals surface area contributed by atoms with Crippen LogP contribution in [-0.4, -0.2) is 18.4 Å². The molecule has 0 aliphatic heterocycles. The van der Waals surface area contributed by atoms with E-state index in [2.05, 4.69) is 24.5 Å². The van der Waals surface area contributed by atoms with Crippen LogP contribution in [0.2, 0.25) is 0 Å². The van der Waals surface area contributed by atoms with E-state index in [0.29, 0.717) is 5.92 Å². The molecule has 0 atom stereocenters. The third kappa shape index (κ3) is 5.48. The minimum Gasteiger partial charge on any atom is -0.347 e. The largest absolute Gasteiger partial charge is 0.347 e. The van der Waals surface area contributed by atoms with Gasteiger partial charge >= 0.3 is 0 Å². The first-order valence-corrected chi connectivity index (χ1v) is 6.10. The molecule has 2 amide bonds. The molecular weight excluding hydrogens is 228 g/mol. The third-order valence-electron chi connectivity index (χ3n) is 2.38. The molecule has 98 valence electrons. The summed E-state index contributed by atoms with van der Waals surface area (Å²) in [4.78, 5) is 22.1. The Morgan fingerprint density at radius 2 is 1.78 bits per heavy atom. The molecule has 0 spiro atoms. The maximum absolute atomic E-state index is 11.5. The molecule has 0 aromatic heterocycles. The van der Waals surface area contributed by atoms with Gasteiger partial charge in [0, 0.05) is 12.6 Å². The number of rotatable bonds is 5. The van der Waals surface area contributed by atoms with E-state index in [1.54, 1.807) is 0 Å². The van der Waals surface area contributed by atoms with E-state index in [1.165, 1.54) is 12.5 Å². The zero-order valence-electron chi connectivity index (χ0n) is 11.1. The predicted molar refractivity (Wildman–Crippen MR) is 72.3 cm³/mol. The van der Waals surface area contributed by atoms with Gasteiger partial charge in [0.15, 0.2) is 0 Å². The van der Waals surface area contributed by atoms with Crippen molar-refractivity contribution in [2.24, 2.45) is 5.92 Å². The van der Waals surface area contributed by atoms with Gasteiger partial charge in [-0.1, -0.05) is 26.0 Å². The van der Waals surface area contributed by atoms with Crippen molar-refractivity contribution < 1.29 is 9.59 Å². The first kappa shape index (κ1) is 14.2. The van der Waals surface area contributed by atoms with Gasteiger partial charge in [0.25, 0.3) is 0 Å². The number of hydrogen-bond acceptors (Lipinski definition) is 2. The minimum atomic E-state index is -0.221. The van der Waals surface area contributed by atoms with Crippen LogP contribution in [0.3, 0.4) is 0 Å². The number of nitrogens with one attached hydrogen (secondary N) is 2. The second kappa shape index (κ2) is 6.79. The smallest absolute Gasteiger partial charge is 0.243 e. The summed E-state index contributed by atoms with van der Waals surface area (Å²) in [5.74, 6) is 0.185. The molecule has 0 bridgehead atoms. The van der Waals surface area contributed by atoms with Gasteiger partial charge in [-0.15, -0.1) is 0 Å². The molecule has 1 aromatic rings. The summed E-state index contributed by atoms with van der Waals surface area (Å²) in [5, 5.41) is 5.18. The van der Waals surface area contributed by atoms with E-state index >= 15 is 0 Å². The van der Waals surface area contributed by atoms with Crippen LogP contribution in [0.1, 0.15) is 26.3 Å². The fourth-order valence-electron chi connectivity index (χ4n) is 1.61. The monoisotopic (exact) mass is 248 g/mol. The lowest BCUT2D eigenvalue weighted by atomic mass is 10.0. The third-order valence-corrected chi connectivity index (χ3v) is 2.38. The summed E-state index contributed by atoms with van der Waals surface area (Å²) >= 11 is 0. The van der Waals surface area contributed by atoms with Gasteiger partial charge in [-0.2, -0.15) is 0 Å². The Hall–Kier alpha value is -1.84. The molecular formula is C14H20N2O2. The molecule has 1 aromatic carbocycles. The molecule has 0 saturated heterocycles. The Morgan fingerprint density at radius 3 is 2.28 bits per heavy atom. The summed E-state index contributed by atoms with van der Waals surface area (Å²) in [6.07, 6.45) is 1.03. The highest BCUT2D eigenvalue weighted by atomic mass is 16.2. The summed E-state index contributed by atoms with van der Waals surface area (Å²) in [6.45, 7) is 5.73. The van der Waals surface area contributed by atoms with Gasteiger partial charge in [0.1, 0.15) is 0 Å². The first-order valence-electron chi connectivity index (χ1n) is 6.10. The van der Waals surface area contributed by atoms with Gasteiger partial charge in [-0.3, -0.25) is 9.59 Å². The average molecular weight is 248 g/mol. The molecule has 0 fully saturated rings. The molecule has 0 heterocycles. The lowest BCUT2D eigenvalue weighted by Crippen LogP contribution is -2.31. The average Bonchev–Trinajstić information content (AvgIpc) is 2.28. The Bertz CT molecular complexity index is 410. The van der Waals surface area contributed by atoms with Crippen LogP contribution in [0.5, 0.6) is 0 Å². The minimum absolute atomic E-state index is 0.00305. The van der Waals surface area contributed by atoms with Crippen LogP contribution in [-0.2, 0) is 16.0 Å². The number of carbonyl (C=O) groups is 2. The topological polar surface area (TPSA) is 58.2 Å². The van der Waals surface area contributed by atoms with Crippen molar-refractivity contribution >= 4 is 17.5 Å². The fourth-order valence-corrected chi connectivity index (χ4v) is 1.61. The highest BCUT2D eigenvalue weighted by Gasteiger charge is 2.03. The highest BCUT2D eigenvalue weighted by molar-refractivity contribution is 5.94. The molecule has 4 nitrogen and oxygen atoms in total. The van der Waals surface area contributed by atoms with Gasteiger partial charge < -0.3 is 10.6 Å². The SMILES string of the molecule is CC(=O)NCC(=O)Nc1ccc(CC(C)C)cc1. The lowest BCUT2D eigenvalue weighted by Gasteiger charge is -2.08. The van der Waals surface area contributed by atoms with E-state index in [4.69, 9.17) is 0 Å². The molecule has 18 heavy (non-hydrogen) atoms. The van der Waals surface area contributed by atoms with Crippen LogP contribution in [0, 0.1) is 5.92 Å². The predicted octanol–water partition coefficient (Wildman–Crippen LogP) is 1.96. The normalized spacial score (nSPS) is 10.2. The Labute approximate surface area is 108 Å². The Kier molecular flexibility index (Phi) is 5.36. The molecule has 0 aliphatic rings. The number of hydrogen-bond donors (Lipinski definition) is 2. The number of benzene rings is 1. The molecule has 0 aliphatic carbocycles. The highest BCUT2D eigenvalue weighted by Crippen LogP contribution is 2.12. The maximum atomic E-state index is 11.5. The van der Waals surface area contributed by atoms with Crippen LogP contribution < -0.4 is 10.6 Å². The molecule has 0 unspecified atom stereocenters. The van der Waals surface area contributed by atoms with E-state index in [9.17, 15) is 9.59 Å². The van der Waals surface area contributed by atoms with Crippen LogP contribution in [0.25, 0.3) is 0 Å². The Morgan fingerprint density at radius 1 is 1.17 bits per heavy atom. The zero-order chi connectivity index (χ0) is 13.5. The molecule has 0 radical (unpaired) electrons. The van der Waals surface area contributed by atoms with Crippen molar-refractivity contribution in [1.82, 2.24) is 5.32 Å². The first-order chi connectivity index (χ1) is 8.47. The lowest BCUT2D eigenvalue weighted by molar-refractivity contribution is -0.122. The quantitative estimate of drug-likeness (QED) is 0.837. The van der Waals surface area contributed by atoms with E-state index in [-0.39, 0.29) is 18.4 Å². The van der Waals surface area contributed by atoms with Crippen molar-refractivity contribution in [1.29, 1.82) is 0 Å². The summed E-state index contributed by atoms with van der Waals surface area (Å²) < 4.78 is 0. The summed E-state index contributed by atoms with van der Waals surface area (Å²) in [6, 6.07) is 7.77.